The van der Waals surface area contributed by atoms with E-state index in [0.717, 1.165) is 5.56 Å². The van der Waals surface area contributed by atoms with Gasteiger partial charge in [0.1, 0.15) is 5.75 Å². The second-order valence-corrected chi connectivity index (χ2v) is 3.05. The Bertz CT molecular complexity index is 350. The van der Waals surface area contributed by atoms with Crippen molar-refractivity contribution in [1.29, 1.82) is 0 Å². The number of benzene rings is 1. The number of esters is 1. The van der Waals surface area contributed by atoms with Crippen molar-refractivity contribution in [3.8, 4) is 5.75 Å². The van der Waals surface area contributed by atoms with Gasteiger partial charge in [0.15, 0.2) is 0 Å². The van der Waals surface area contributed by atoms with Gasteiger partial charge in [0, 0.05) is 11.3 Å². The molecule has 1 aromatic carbocycles. The minimum absolute atomic E-state index is 0.177. The fourth-order valence-corrected chi connectivity index (χ4v) is 1.26. The molecule has 0 aromatic heterocycles. The van der Waals surface area contributed by atoms with Gasteiger partial charge in [0.25, 0.3) is 0 Å². The van der Waals surface area contributed by atoms with E-state index in [0.29, 0.717) is 18.0 Å². The normalized spacial score (nSPS) is 9.73. The lowest BCUT2D eigenvalue weighted by atomic mass is 10.1. The molecular formula is C11H15NO3. The molecule has 0 saturated heterocycles. The van der Waals surface area contributed by atoms with Crippen LogP contribution < -0.4 is 10.5 Å². The Balaban J connectivity index is 2.91. The highest BCUT2D eigenvalue weighted by atomic mass is 16.5. The van der Waals surface area contributed by atoms with Gasteiger partial charge >= 0.3 is 5.97 Å². The Morgan fingerprint density at radius 2 is 2.20 bits per heavy atom. The molecule has 15 heavy (non-hydrogen) atoms. The zero-order valence-electron chi connectivity index (χ0n) is 8.95. The summed E-state index contributed by atoms with van der Waals surface area (Å²) < 4.78 is 9.97. The molecule has 4 nitrogen and oxygen atoms in total. The Kier molecular flexibility index (Phi) is 3.97. The molecule has 0 unspecified atom stereocenters. The molecule has 0 atom stereocenters. The van der Waals surface area contributed by atoms with Crippen LogP contribution in [0.5, 0.6) is 5.75 Å². The first-order valence-corrected chi connectivity index (χ1v) is 4.75. The molecule has 0 bridgehead atoms. The van der Waals surface area contributed by atoms with Crippen LogP contribution in [0, 0.1) is 0 Å². The van der Waals surface area contributed by atoms with Gasteiger partial charge in [-0.25, -0.2) is 0 Å². The summed E-state index contributed by atoms with van der Waals surface area (Å²) in [4.78, 5) is 11.1. The third kappa shape index (κ3) is 3.16. The molecule has 1 aromatic rings. The SMILES string of the molecule is CCOc1ccc(N)cc1CC(=O)OC. The monoisotopic (exact) mass is 209 g/mol. The van der Waals surface area contributed by atoms with Crippen molar-refractivity contribution in [2.24, 2.45) is 0 Å². The van der Waals surface area contributed by atoms with Crippen LogP contribution in [0.15, 0.2) is 18.2 Å². The van der Waals surface area contributed by atoms with E-state index >= 15 is 0 Å². The molecule has 0 aliphatic carbocycles. The molecule has 0 aliphatic rings. The Labute approximate surface area is 89.0 Å². The van der Waals surface area contributed by atoms with Gasteiger partial charge < -0.3 is 15.2 Å². The second-order valence-electron chi connectivity index (χ2n) is 3.05. The number of nitrogen functional groups attached to an aromatic ring is 1. The van der Waals surface area contributed by atoms with Crippen LogP contribution in [0.25, 0.3) is 0 Å². The van der Waals surface area contributed by atoms with Gasteiger partial charge in [-0.15, -0.1) is 0 Å². The first-order valence-electron chi connectivity index (χ1n) is 4.75. The fraction of sp³-hybridized carbons (Fsp3) is 0.364. The van der Waals surface area contributed by atoms with E-state index in [4.69, 9.17) is 10.5 Å². The molecule has 2 N–H and O–H groups in total. The third-order valence-electron chi connectivity index (χ3n) is 1.95. The summed E-state index contributed by atoms with van der Waals surface area (Å²) in [6.45, 7) is 2.44. The van der Waals surface area contributed by atoms with Crippen LogP contribution in [0.2, 0.25) is 0 Å². The topological polar surface area (TPSA) is 61.5 Å². The van der Waals surface area contributed by atoms with Crippen molar-refractivity contribution in [3.05, 3.63) is 23.8 Å². The number of carbonyl (C=O) groups excluding carboxylic acids is 1. The van der Waals surface area contributed by atoms with Gasteiger partial charge in [0.2, 0.25) is 0 Å². The average molecular weight is 209 g/mol. The second kappa shape index (κ2) is 5.24. The van der Waals surface area contributed by atoms with Gasteiger partial charge in [-0.2, -0.15) is 0 Å². The van der Waals surface area contributed by atoms with Crippen molar-refractivity contribution in [2.75, 3.05) is 19.5 Å². The Hall–Kier alpha value is -1.71. The van der Waals surface area contributed by atoms with Gasteiger partial charge in [-0.3, -0.25) is 4.79 Å². The number of carbonyl (C=O) groups is 1. The van der Waals surface area contributed by atoms with E-state index in [2.05, 4.69) is 4.74 Å². The maximum Gasteiger partial charge on any atom is 0.310 e. The lowest BCUT2D eigenvalue weighted by molar-refractivity contribution is -0.139. The molecular weight excluding hydrogens is 194 g/mol. The van der Waals surface area contributed by atoms with Crippen molar-refractivity contribution >= 4 is 11.7 Å². The fourth-order valence-electron chi connectivity index (χ4n) is 1.26. The number of hydrogen-bond acceptors (Lipinski definition) is 4. The summed E-state index contributed by atoms with van der Waals surface area (Å²) in [6.07, 6.45) is 0.177. The van der Waals surface area contributed by atoms with Crippen LogP contribution in [0.1, 0.15) is 12.5 Å². The van der Waals surface area contributed by atoms with Gasteiger partial charge in [0.05, 0.1) is 20.1 Å². The molecule has 0 saturated carbocycles. The highest BCUT2D eigenvalue weighted by Gasteiger charge is 2.09. The standard InChI is InChI=1S/C11H15NO3/c1-3-15-10-5-4-9(12)6-8(10)7-11(13)14-2/h4-6H,3,7,12H2,1-2H3. The molecule has 0 radical (unpaired) electrons. The molecule has 0 fully saturated rings. The highest BCUT2D eigenvalue weighted by molar-refractivity contribution is 5.74. The molecule has 0 spiro atoms. The minimum Gasteiger partial charge on any atom is -0.494 e. The Morgan fingerprint density at radius 3 is 2.80 bits per heavy atom. The van der Waals surface area contributed by atoms with Crippen LogP contribution in [-0.4, -0.2) is 19.7 Å². The Morgan fingerprint density at radius 1 is 1.47 bits per heavy atom. The lowest BCUT2D eigenvalue weighted by Crippen LogP contribution is -2.07. The maximum atomic E-state index is 11.1. The van der Waals surface area contributed by atoms with Crippen molar-refractivity contribution in [2.45, 2.75) is 13.3 Å². The van der Waals surface area contributed by atoms with Crippen LogP contribution in [0.4, 0.5) is 5.69 Å². The summed E-state index contributed by atoms with van der Waals surface area (Å²) >= 11 is 0. The van der Waals surface area contributed by atoms with E-state index in [-0.39, 0.29) is 12.4 Å². The van der Waals surface area contributed by atoms with Gasteiger partial charge in [-0.1, -0.05) is 0 Å². The van der Waals surface area contributed by atoms with Crippen molar-refractivity contribution in [3.63, 3.8) is 0 Å². The largest absolute Gasteiger partial charge is 0.494 e. The maximum absolute atomic E-state index is 11.1. The van der Waals surface area contributed by atoms with Crippen LogP contribution in [0.3, 0.4) is 0 Å². The predicted octanol–water partition coefficient (Wildman–Crippen LogP) is 1.38. The summed E-state index contributed by atoms with van der Waals surface area (Å²) in [7, 11) is 1.36. The number of hydrogen-bond donors (Lipinski definition) is 1. The zero-order chi connectivity index (χ0) is 11.3. The summed E-state index contributed by atoms with van der Waals surface area (Å²) in [6, 6.07) is 5.23. The molecule has 0 aliphatic heterocycles. The lowest BCUT2D eigenvalue weighted by Gasteiger charge is -2.09. The number of anilines is 1. The van der Waals surface area contributed by atoms with E-state index in [1.54, 1.807) is 18.2 Å². The summed E-state index contributed by atoms with van der Waals surface area (Å²) in [5.41, 5.74) is 7.00. The minimum atomic E-state index is -0.304. The summed E-state index contributed by atoms with van der Waals surface area (Å²) in [5, 5.41) is 0. The van der Waals surface area contributed by atoms with E-state index in [1.807, 2.05) is 6.92 Å². The molecule has 0 amide bonds. The molecule has 1 rings (SSSR count). The number of nitrogens with two attached hydrogens (primary N) is 1. The van der Waals surface area contributed by atoms with Crippen LogP contribution in [-0.2, 0) is 16.0 Å². The molecule has 82 valence electrons. The van der Waals surface area contributed by atoms with E-state index in [1.165, 1.54) is 7.11 Å². The molecule has 0 heterocycles. The van der Waals surface area contributed by atoms with Crippen molar-refractivity contribution in [1.82, 2.24) is 0 Å². The number of ether oxygens (including phenoxy) is 2. The van der Waals surface area contributed by atoms with Crippen LogP contribution >= 0.6 is 0 Å². The first-order chi connectivity index (χ1) is 7.17. The quantitative estimate of drug-likeness (QED) is 0.601. The smallest absolute Gasteiger partial charge is 0.310 e. The van der Waals surface area contributed by atoms with Gasteiger partial charge in [-0.05, 0) is 25.1 Å². The highest BCUT2D eigenvalue weighted by Crippen LogP contribution is 2.22. The third-order valence-corrected chi connectivity index (χ3v) is 1.95. The van der Waals surface area contributed by atoms with Crippen molar-refractivity contribution < 1.29 is 14.3 Å². The predicted molar refractivity (Wildman–Crippen MR) is 57.7 cm³/mol. The first kappa shape index (κ1) is 11.4. The van der Waals surface area contributed by atoms with E-state index in [9.17, 15) is 4.79 Å². The summed E-state index contributed by atoms with van der Waals surface area (Å²) in [5.74, 6) is 0.374. The van der Waals surface area contributed by atoms with E-state index < -0.39 is 0 Å². The number of rotatable bonds is 4. The average Bonchev–Trinajstić information content (AvgIpc) is 2.22. The zero-order valence-corrected chi connectivity index (χ0v) is 8.95. The number of methoxy groups -OCH3 is 1. The molecule has 4 heteroatoms.